The van der Waals surface area contributed by atoms with Crippen LogP contribution in [0.4, 0.5) is 4.39 Å². The number of hydrogen-bond acceptors (Lipinski definition) is 4. The van der Waals surface area contributed by atoms with E-state index in [1.807, 2.05) is 37.4 Å². The second kappa shape index (κ2) is 6.11. The minimum Gasteiger partial charge on any atom is -0.307 e. The quantitative estimate of drug-likeness (QED) is 0.799. The fraction of sp³-hybridized carbons (Fsp3) is 0.125. The number of hydrogen-bond donors (Lipinski definition) is 1. The lowest BCUT2D eigenvalue weighted by atomic mass is 10.1. The third-order valence-electron chi connectivity index (χ3n) is 3.21. The van der Waals surface area contributed by atoms with Crippen molar-refractivity contribution in [3.8, 4) is 10.6 Å². The first-order valence-corrected chi connectivity index (χ1v) is 7.41. The van der Waals surface area contributed by atoms with Crippen molar-refractivity contribution < 1.29 is 4.39 Å². The zero-order chi connectivity index (χ0) is 14.7. The van der Waals surface area contributed by atoms with Gasteiger partial charge >= 0.3 is 0 Å². The Hall–Kier alpha value is -2.11. The molecule has 21 heavy (non-hydrogen) atoms. The smallest absolute Gasteiger partial charge is 0.150 e. The van der Waals surface area contributed by atoms with Crippen molar-refractivity contribution >= 4 is 11.3 Å². The summed E-state index contributed by atoms with van der Waals surface area (Å²) < 4.78 is 13.8. The van der Waals surface area contributed by atoms with E-state index in [0.717, 1.165) is 10.6 Å². The standard InChI is InChI=1S/C16H14FN3S/c1-18-14(11-7-3-2-4-8-11)16-20-19-15(21-16)12-9-5-6-10-13(12)17/h2-10,14,18H,1H3. The number of nitrogens with zero attached hydrogens (tertiary/aromatic N) is 2. The van der Waals surface area contributed by atoms with Crippen molar-refractivity contribution in [2.24, 2.45) is 0 Å². The molecule has 0 bridgehead atoms. The largest absolute Gasteiger partial charge is 0.307 e. The van der Waals surface area contributed by atoms with Crippen molar-refractivity contribution in [2.75, 3.05) is 7.05 Å². The van der Waals surface area contributed by atoms with Crippen LogP contribution in [0.25, 0.3) is 10.6 Å². The van der Waals surface area contributed by atoms with E-state index in [1.165, 1.54) is 17.4 Å². The number of nitrogens with one attached hydrogen (secondary N) is 1. The highest BCUT2D eigenvalue weighted by Crippen LogP contribution is 2.30. The maximum Gasteiger partial charge on any atom is 0.150 e. The molecule has 1 atom stereocenters. The molecule has 0 saturated carbocycles. The third kappa shape index (κ3) is 2.84. The van der Waals surface area contributed by atoms with Gasteiger partial charge in [0, 0.05) is 5.56 Å². The Balaban J connectivity index is 1.96. The van der Waals surface area contributed by atoms with Crippen LogP contribution >= 0.6 is 11.3 Å². The van der Waals surface area contributed by atoms with Crippen LogP contribution in [-0.4, -0.2) is 17.2 Å². The van der Waals surface area contributed by atoms with Gasteiger partial charge < -0.3 is 5.32 Å². The molecule has 0 radical (unpaired) electrons. The molecule has 1 heterocycles. The maximum atomic E-state index is 13.8. The molecule has 5 heteroatoms. The molecule has 106 valence electrons. The summed E-state index contributed by atoms with van der Waals surface area (Å²) >= 11 is 1.40. The lowest BCUT2D eigenvalue weighted by molar-refractivity contribution is 0.631. The fourth-order valence-electron chi connectivity index (χ4n) is 2.17. The molecule has 2 aromatic carbocycles. The maximum absolute atomic E-state index is 13.8. The van der Waals surface area contributed by atoms with Crippen LogP contribution < -0.4 is 5.32 Å². The average molecular weight is 299 g/mol. The van der Waals surface area contributed by atoms with Crippen LogP contribution in [0.1, 0.15) is 16.6 Å². The van der Waals surface area contributed by atoms with Crippen molar-refractivity contribution in [1.82, 2.24) is 15.5 Å². The topological polar surface area (TPSA) is 37.8 Å². The number of halogens is 1. The van der Waals surface area contributed by atoms with Crippen molar-refractivity contribution in [2.45, 2.75) is 6.04 Å². The molecule has 0 aliphatic heterocycles. The van der Waals surface area contributed by atoms with Gasteiger partial charge in [0.25, 0.3) is 0 Å². The van der Waals surface area contributed by atoms with Crippen LogP contribution in [0.5, 0.6) is 0 Å². The number of aromatic nitrogens is 2. The summed E-state index contributed by atoms with van der Waals surface area (Å²) in [5.41, 5.74) is 1.60. The van der Waals surface area contributed by atoms with Crippen LogP contribution in [0.3, 0.4) is 0 Å². The monoisotopic (exact) mass is 299 g/mol. The summed E-state index contributed by atoms with van der Waals surface area (Å²) in [4.78, 5) is 0. The van der Waals surface area contributed by atoms with Gasteiger partial charge in [-0.15, -0.1) is 10.2 Å². The molecule has 0 amide bonds. The average Bonchev–Trinajstić information content (AvgIpc) is 2.99. The first-order chi connectivity index (χ1) is 10.3. The predicted molar refractivity (Wildman–Crippen MR) is 82.6 cm³/mol. The second-order valence-electron chi connectivity index (χ2n) is 4.56. The van der Waals surface area contributed by atoms with Crippen molar-refractivity contribution in [1.29, 1.82) is 0 Å². The van der Waals surface area contributed by atoms with Gasteiger partial charge in [0.15, 0.2) is 5.01 Å². The van der Waals surface area contributed by atoms with Crippen LogP contribution in [0, 0.1) is 5.82 Å². The van der Waals surface area contributed by atoms with E-state index in [1.54, 1.807) is 18.2 Å². The Kier molecular flexibility index (Phi) is 4.03. The molecule has 0 fully saturated rings. The molecule has 0 aliphatic carbocycles. The molecule has 1 aromatic heterocycles. The van der Waals surface area contributed by atoms with Crippen LogP contribution in [-0.2, 0) is 0 Å². The predicted octanol–water partition coefficient (Wildman–Crippen LogP) is 3.65. The highest BCUT2D eigenvalue weighted by molar-refractivity contribution is 7.14. The Bertz CT molecular complexity index is 727. The SMILES string of the molecule is CNC(c1ccccc1)c1nnc(-c2ccccc2F)s1. The highest BCUT2D eigenvalue weighted by Gasteiger charge is 2.18. The van der Waals surface area contributed by atoms with Gasteiger partial charge in [-0.05, 0) is 24.7 Å². The molecule has 3 rings (SSSR count). The normalized spacial score (nSPS) is 12.3. The summed E-state index contributed by atoms with van der Waals surface area (Å²) in [7, 11) is 1.88. The molecule has 3 aromatic rings. The van der Waals surface area contributed by atoms with Crippen molar-refractivity contribution in [3.63, 3.8) is 0 Å². The molecular formula is C16H14FN3S. The van der Waals surface area contributed by atoms with Gasteiger partial charge in [-0.3, -0.25) is 0 Å². The van der Waals surface area contributed by atoms with E-state index in [4.69, 9.17) is 0 Å². The molecule has 0 spiro atoms. The third-order valence-corrected chi connectivity index (χ3v) is 4.23. The van der Waals surface area contributed by atoms with Gasteiger partial charge in [-0.2, -0.15) is 0 Å². The fourth-order valence-corrected chi connectivity index (χ4v) is 3.18. The minimum absolute atomic E-state index is 0.0378. The number of rotatable bonds is 4. The lowest BCUT2D eigenvalue weighted by Gasteiger charge is -2.12. The molecular weight excluding hydrogens is 285 g/mol. The summed E-state index contributed by atoms with van der Waals surface area (Å²) in [5.74, 6) is -0.277. The summed E-state index contributed by atoms with van der Waals surface area (Å²) in [6, 6.07) is 16.6. The Morgan fingerprint density at radius 2 is 1.71 bits per heavy atom. The van der Waals surface area contributed by atoms with Gasteiger partial charge in [0.2, 0.25) is 0 Å². The Morgan fingerprint density at radius 3 is 2.43 bits per heavy atom. The zero-order valence-electron chi connectivity index (χ0n) is 11.5. The second-order valence-corrected chi connectivity index (χ2v) is 5.57. The molecule has 0 aliphatic rings. The lowest BCUT2D eigenvalue weighted by Crippen LogP contribution is -2.17. The van der Waals surface area contributed by atoms with Gasteiger partial charge in [0.1, 0.15) is 10.8 Å². The van der Waals surface area contributed by atoms with E-state index in [0.29, 0.717) is 10.6 Å². The first-order valence-electron chi connectivity index (χ1n) is 6.60. The number of benzene rings is 2. The van der Waals surface area contributed by atoms with E-state index < -0.39 is 0 Å². The Morgan fingerprint density at radius 1 is 1.00 bits per heavy atom. The zero-order valence-corrected chi connectivity index (χ0v) is 12.3. The van der Waals surface area contributed by atoms with E-state index >= 15 is 0 Å². The van der Waals surface area contributed by atoms with E-state index in [-0.39, 0.29) is 11.9 Å². The van der Waals surface area contributed by atoms with Crippen LogP contribution in [0.2, 0.25) is 0 Å². The van der Waals surface area contributed by atoms with Gasteiger partial charge in [-0.1, -0.05) is 53.8 Å². The van der Waals surface area contributed by atoms with Gasteiger partial charge in [-0.25, -0.2) is 4.39 Å². The summed E-state index contributed by atoms with van der Waals surface area (Å²) in [6.07, 6.45) is 0. The molecule has 1 N–H and O–H groups in total. The Labute approximate surface area is 126 Å². The van der Waals surface area contributed by atoms with E-state index in [9.17, 15) is 4.39 Å². The molecule has 0 saturated heterocycles. The van der Waals surface area contributed by atoms with Crippen molar-refractivity contribution in [3.05, 3.63) is 71.0 Å². The summed E-state index contributed by atoms with van der Waals surface area (Å²) in [6.45, 7) is 0. The first kappa shape index (κ1) is 13.9. The van der Waals surface area contributed by atoms with Crippen LogP contribution in [0.15, 0.2) is 54.6 Å². The minimum atomic E-state index is -0.277. The molecule has 3 nitrogen and oxygen atoms in total. The molecule has 1 unspecified atom stereocenters. The highest BCUT2D eigenvalue weighted by atomic mass is 32.1. The summed E-state index contributed by atoms with van der Waals surface area (Å²) in [5, 5.41) is 13.0. The van der Waals surface area contributed by atoms with E-state index in [2.05, 4.69) is 15.5 Å². The van der Waals surface area contributed by atoms with Gasteiger partial charge in [0.05, 0.1) is 6.04 Å².